The third kappa shape index (κ3) is 3.63. The molecule has 1 saturated heterocycles. The third-order valence-corrected chi connectivity index (χ3v) is 3.76. The number of urea groups is 1. The van der Waals surface area contributed by atoms with Crippen molar-refractivity contribution in [3.8, 4) is 12.3 Å². The normalized spacial score (nSPS) is 22.1. The molecule has 2 fully saturated rings. The van der Waals surface area contributed by atoms with E-state index in [-0.39, 0.29) is 18.5 Å². The fourth-order valence-corrected chi connectivity index (χ4v) is 2.62. The van der Waals surface area contributed by atoms with E-state index in [0.29, 0.717) is 25.6 Å². The van der Waals surface area contributed by atoms with E-state index in [1.54, 1.807) is 9.80 Å². The predicted octanol–water partition coefficient (Wildman–Crippen LogP) is 1.39. The van der Waals surface area contributed by atoms with Crippen LogP contribution in [0.15, 0.2) is 0 Å². The molecule has 2 amide bonds. The van der Waals surface area contributed by atoms with Gasteiger partial charge in [-0.25, -0.2) is 4.79 Å². The molecule has 0 aromatic heterocycles. The van der Waals surface area contributed by atoms with Gasteiger partial charge in [0, 0.05) is 19.1 Å². The van der Waals surface area contributed by atoms with Crippen LogP contribution in [0.25, 0.3) is 0 Å². The van der Waals surface area contributed by atoms with Crippen LogP contribution in [-0.2, 0) is 4.79 Å². The number of carboxylic acids is 1. The van der Waals surface area contributed by atoms with Crippen LogP contribution in [0.4, 0.5) is 4.79 Å². The molecule has 1 atom stereocenters. The quantitative estimate of drug-likeness (QED) is 0.763. The summed E-state index contributed by atoms with van der Waals surface area (Å²) < 4.78 is 0. The molecule has 1 aliphatic heterocycles. The molecule has 5 heteroatoms. The summed E-state index contributed by atoms with van der Waals surface area (Å²) in [6.07, 6.45) is 9.31. The van der Waals surface area contributed by atoms with Crippen molar-refractivity contribution >= 4 is 12.0 Å². The van der Waals surface area contributed by atoms with Crippen LogP contribution in [0.5, 0.6) is 0 Å². The Balaban J connectivity index is 1.98. The van der Waals surface area contributed by atoms with Crippen LogP contribution in [0, 0.1) is 18.3 Å². The van der Waals surface area contributed by atoms with Gasteiger partial charge in [-0.2, -0.15) is 0 Å². The Morgan fingerprint density at radius 1 is 1.37 bits per heavy atom. The van der Waals surface area contributed by atoms with Crippen molar-refractivity contribution < 1.29 is 14.7 Å². The number of carbonyl (C=O) groups excluding carboxylic acids is 1. The fraction of sp³-hybridized carbons (Fsp3) is 0.714. The highest BCUT2D eigenvalue weighted by Gasteiger charge is 2.34. The molecule has 0 aromatic rings. The van der Waals surface area contributed by atoms with Gasteiger partial charge in [-0.3, -0.25) is 4.79 Å². The monoisotopic (exact) mass is 264 g/mol. The van der Waals surface area contributed by atoms with Gasteiger partial charge in [0.05, 0.1) is 13.0 Å². The van der Waals surface area contributed by atoms with Gasteiger partial charge in [0.2, 0.25) is 0 Å². The molecule has 1 saturated carbocycles. The molecule has 104 valence electrons. The minimum atomic E-state index is -0.851. The van der Waals surface area contributed by atoms with Crippen LogP contribution < -0.4 is 0 Å². The first-order chi connectivity index (χ1) is 9.11. The topological polar surface area (TPSA) is 60.9 Å². The minimum Gasteiger partial charge on any atom is -0.481 e. The third-order valence-electron chi connectivity index (χ3n) is 3.76. The number of aliphatic carboxylic acids is 1. The number of carboxylic acid groups (broad SMARTS) is 1. The van der Waals surface area contributed by atoms with Crippen LogP contribution in [-0.4, -0.2) is 52.6 Å². The molecule has 0 bridgehead atoms. The summed E-state index contributed by atoms with van der Waals surface area (Å²) in [5, 5.41) is 8.89. The number of hydrogen-bond acceptors (Lipinski definition) is 2. The van der Waals surface area contributed by atoms with Gasteiger partial charge < -0.3 is 14.9 Å². The van der Waals surface area contributed by atoms with Gasteiger partial charge in [0.25, 0.3) is 0 Å². The Bertz CT molecular complexity index is 398. The molecule has 1 aliphatic carbocycles. The van der Waals surface area contributed by atoms with E-state index in [1.165, 1.54) is 0 Å². The molecule has 1 N–H and O–H groups in total. The molecule has 0 aromatic carbocycles. The lowest BCUT2D eigenvalue weighted by atomic mass is 10.1. The Morgan fingerprint density at radius 2 is 2.11 bits per heavy atom. The van der Waals surface area contributed by atoms with Gasteiger partial charge in [0.15, 0.2) is 0 Å². The van der Waals surface area contributed by atoms with Gasteiger partial charge in [-0.15, -0.1) is 6.42 Å². The van der Waals surface area contributed by atoms with Crippen molar-refractivity contribution in [1.29, 1.82) is 0 Å². The Labute approximate surface area is 113 Å². The average molecular weight is 264 g/mol. The number of hydrogen-bond donors (Lipinski definition) is 1. The molecular weight excluding hydrogens is 244 g/mol. The highest BCUT2D eigenvalue weighted by molar-refractivity contribution is 5.77. The number of rotatable bonds is 5. The van der Waals surface area contributed by atoms with Gasteiger partial charge in [-0.05, 0) is 31.6 Å². The molecular formula is C14H20N2O3. The first-order valence-corrected chi connectivity index (χ1v) is 6.82. The van der Waals surface area contributed by atoms with Crippen LogP contribution in [0.1, 0.15) is 32.1 Å². The van der Waals surface area contributed by atoms with Gasteiger partial charge in [0.1, 0.15) is 0 Å². The number of terminal acetylenes is 1. The zero-order valence-electron chi connectivity index (χ0n) is 11.0. The van der Waals surface area contributed by atoms with Crippen LogP contribution in [0.3, 0.4) is 0 Å². The lowest BCUT2D eigenvalue weighted by Gasteiger charge is -2.30. The fourth-order valence-electron chi connectivity index (χ4n) is 2.62. The van der Waals surface area contributed by atoms with Gasteiger partial charge >= 0.3 is 12.0 Å². The zero-order chi connectivity index (χ0) is 13.8. The Kier molecular flexibility index (Phi) is 4.31. The Hall–Kier alpha value is -1.70. The van der Waals surface area contributed by atoms with E-state index in [4.69, 9.17) is 11.5 Å². The van der Waals surface area contributed by atoms with Gasteiger partial charge in [-0.1, -0.05) is 5.92 Å². The van der Waals surface area contributed by atoms with E-state index in [2.05, 4.69) is 5.92 Å². The highest BCUT2D eigenvalue weighted by atomic mass is 16.4. The summed E-state index contributed by atoms with van der Waals surface area (Å²) >= 11 is 0. The molecule has 2 aliphatic rings. The Morgan fingerprint density at radius 3 is 2.68 bits per heavy atom. The second-order valence-corrected chi connectivity index (χ2v) is 5.40. The van der Waals surface area contributed by atoms with Crippen molar-refractivity contribution in [1.82, 2.24) is 9.80 Å². The molecule has 2 rings (SSSR count). The minimum absolute atomic E-state index is 0.0268. The second kappa shape index (κ2) is 5.96. The predicted molar refractivity (Wildman–Crippen MR) is 70.5 cm³/mol. The van der Waals surface area contributed by atoms with E-state index < -0.39 is 5.97 Å². The second-order valence-electron chi connectivity index (χ2n) is 5.40. The number of carbonyl (C=O) groups is 2. The summed E-state index contributed by atoms with van der Waals surface area (Å²) in [5.41, 5.74) is 0. The van der Waals surface area contributed by atoms with Crippen molar-refractivity contribution in [3.63, 3.8) is 0 Å². The zero-order valence-corrected chi connectivity index (χ0v) is 11.0. The van der Waals surface area contributed by atoms with Crippen molar-refractivity contribution in [2.45, 2.75) is 38.1 Å². The van der Waals surface area contributed by atoms with E-state index in [1.807, 2.05) is 0 Å². The van der Waals surface area contributed by atoms with Crippen molar-refractivity contribution in [2.75, 3.05) is 19.6 Å². The maximum atomic E-state index is 12.5. The largest absolute Gasteiger partial charge is 0.481 e. The lowest BCUT2D eigenvalue weighted by molar-refractivity contribution is -0.138. The number of nitrogens with zero attached hydrogens (tertiary/aromatic N) is 2. The summed E-state index contributed by atoms with van der Waals surface area (Å²) in [5.74, 6) is 2.25. The van der Waals surface area contributed by atoms with E-state index in [0.717, 1.165) is 25.7 Å². The molecule has 5 nitrogen and oxygen atoms in total. The van der Waals surface area contributed by atoms with Crippen molar-refractivity contribution in [2.24, 2.45) is 5.92 Å². The maximum Gasteiger partial charge on any atom is 0.321 e. The molecule has 1 unspecified atom stereocenters. The first kappa shape index (κ1) is 13.7. The highest BCUT2D eigenvalue weighted by Crippen LogP contribution is 2.30. The summed E-state index contributed by atoms with van der Waals surface area (Å²) in [6.45, 7) is 1.66. The molecule has 19 heavy (non-hydrogen) atoms. The molecule has 0 radical (unpaired) electrons. The lowest BCUT2D eigenvalue weighted by Crippen LogP contribution is -2.46. The maximum absolute atomic E-state index is 12.5. The first-order valence-electron chi connectivity index (χ1n) is 6.82. The van der Waals surface area contributed by atoms with Crippen LogP contribution >= 0.6 is 0 Å². The van der Waals surface area contributed by atoms with Crippen LogP contribution in [0.2, 0.25) is 0 Å². The van der Waals surface area contributed by atoms with E-state index >= 15 is 0 Å². The number of likely N-dealkylation sites (tertiary alicyclic amines) is 1. The van der Waals surface area contributed by atoms with Crippen molar-refractivity contribution in [3.05, 3.63) is 0 Å². The molecule has 0 spiro atoms. The smallest absolute Gasteiger partial charge is 0.321 e. The SMILES string of the molecule is C#CCN(CC1CC1)C(=O)N1CCCC1CC(=O)O. The summed E-state index contributed by atoms with van der Waals surface area (Å²) in [7, 11) is 0. The summed E-state index contributed by atoms with van der Waals surface area (Å²) in [6, 6.07) is -0.266. The molecule has 1 heterocycles. The standard InChI is InChI=1S/C14H20N2O3/c1-2-7-15(10-11-5-6-11)14(19)16-8-3-4-12(16)9-13(17)18/h1,11-12H,3-10H2,(H,17,18). The number of amides is 2. The van der Waals surface area contributed by atoms with E-state index in [9.17, 15) is 9.59 Å². The summed E-state index contributed by atoms with van der Waals surface area (Å²) in [4.78, 5) is 26.7. The average Bonchev–Trinajstić information content (AvgIpc) is 3.05.